The van der Waals surface area contributed by atoms with Crippen molar-refractivity contribution in [1.82, 2.24) is 15.3 Å². The number of fused-ring (bicyclic) bond motifs is 1. The molecule has 4 rings (SSSR count). The molecular formula is C24H37BN4O4. The first-order chi connectivity index (χ1) is 15.2. The lowest BCUT2D eigenvalue weighted by molar-refractivity contribution is 0.00578. The highest BCUT2D eigenvalue weighted by Crippen LogP contribution is 2.38. The number of carbonyl (C=O) groups is 1. The van der Waals surface area contributed by atoms with Crippen molar-refractivity contribution in [2.24, 2.45) is 0 Å². The molecular weight excluding hydrogens is 419 g/mol. The van der Waals surface area contributed by atoms with Gasteiger partial charge in [-0.1, -0.05) is 13.8 Å². The number of nitrogens with zero attached hydrogens (tertiary/aromatic N) is 2. The van der Waals surface area contributed by atoms with Crippen LogP contribution in [-0.4, -0.2) is 59.1 Å². The Balaban J connectivity index is 1.53. The summed E-state index contributed by atoms with van der Waals surface area (Å²) >= 11 is 0. The van der Waals surface area contributed by atoms with Gasteiger partial charge in [-0.15, -0.1) is 0 Å². The Hall–Kier alpha value is -2.26. The lowest BCUT2D eigenvalue weighted by Gasteiger charge is -2.40. The Morgan fingerprint density at radius 3 is 2.36 bits per heavy atom. The number of carbonyl (C=O) groups excluding carboxylic acids is 1. The number of pyridine rings is 1. The average Bonchev–Trinajstić information content (AvgIpc) is 3.10. The van der Waals surface area contributed by atoms with Crippen molar-refractivity contribution in [1.29, 1.82) is 0 Å². The van der Waals surface area contributed by atoms with Crippen LogP contribution in [-0.2, 0) is 14.0 Å². The molecule has 2 aliphatic heterocycles. The van der Waals surface area contributed by atoms with Crippen LogP contribution in [0.2, 0.25) is 0 Å². The summed E-state index contributed by atoms with van der Waals surface area (Å²) in [7, 11) is -0.462. The molecule has 0 atom stereocenters. The third kappa shape index (κ3) is 4.57. The van der Waals surface area contributed by atoms with E-state index in [1.807, 2.05) is 26.8 Å². The van der Waals surface area contributed by atoms with E-state index < -0.39 is 23.9 Å². The van der Waals surface area contributed by atoms with Crippen molar-refractivity contribution in [2.75, 3.05) is 18.0 Å². The molecule has 2 saturated heterocycles. The fourth-order valence-corrected chi connectivity index (χ4v) is 4.23. The van der Waals surface area contributed by atoms with Crippen LogP contribution in [0.25, 0.3) is 11.0 Å². The summed E-state index contributed by atoms with van der Waals surface area (Å²) in [5.41, 5.74) is 2.65. The van der Waals surface area contributed by atoms with E-state index in [9.17, 15) is 4.79 Å². The van der Waals surface area contributed by atoms with Crippen LogP contribution >= 0.6 is 0 Å². The molecule has 0 bridgehead atoms. The van der Waals surface area contributed by atoms with Gasteiger partial charge in [-0.05, 0) is 72.1 Å². The first kappa shape index (κ1) is 23.9. The van der Waals surface area contributed by atoms with E-state index in [-0.39, 0.29) is 18.1 Å². The molecule has 2 N–H and O–H groups in total. The maximum Gasteiger partial charge on any atom is 0.512 e. The van der Waals surface area contributed by atoms with Gasteiger partial charge in [0.05, 0.1) is 33.9 Å². The van der Waals surface area contributed by atoms with Crippen molar-refractivity contribution in [2.45, 2.75) is 91.1 Å². The highest BCUT2D eigenvalue weighted by molar-refractivity contribution is 6.62. The van der Waals surface area contributed by atoms with Gasteiger partial charge in [0.25, 0.3) is 0 Å². The number of aromatic amines is 1. The molecule has 33 heavy (non-hydrogen) atoms. The normalized spacial score (nSPS) is 20.4. The van der Waals surface area contributed by atoms with E-state index in [1.165, 1.54) is 0 Å². The molecule has 0 unspecified atom stereocenters. The second kappa shape index (κ2) is 7.91. The maximum atomic E-state index is 12.0. The molecule has 0 aliphatic carbocycles. The summed E-state index contributed by atoms with van der Waals surface area (Å²) in [4.78, 5) is 22.7. The monoisotopic (exact) mass is 456 g/mol. The first-order valence-electron chi connectivity index (χ1n) is 11.8. The molecule has 4 heterocycles. The maximum absolute atomic E-state index is 12.0. The van der Waals surface area contributed by atoms with Gasteiger partial charge >= 0.3 is 13.2 Å². The molecule has 0 radical (unpaired) electrons. The molecule has 180 valence electrons. The molecule has 2 fully saturated rings. The third-order valence-electron chi connectivity index (χ3n) is 6.69. The third-order valence-corrected chi connectivity index (χ3v) is 6.69. The summed E-state index contributed by atoms with van der Waals surface area (Å²) in [6.45, 7) is 19.6. The Morgan fingerprint density at radius 1 is 1.21 bits per heavy atom. The van der Waals surface area contributed by atoms with E-state index in [1.54, 1.807) is 0 Å². The van der Waals surface area contributed by atoms with Crippen LogP contribution in [0.1, 0.15) is 73.8 Å². The number of hydrogen-bond donors (Lipinski definition) is 2. The summed E-state index contributed by atoms with van der Waals surface area (Å²) in [6, 6.07) is 4.13. The molecule has 0 saturated carbocycles. The standard InChI is InChI=1S/C24H37BN4O4/c1-14(2)18-19-16(27-20(18)25-32-23(6,7)24(8,9)33-25)10-11-17(28-19)29-12-15(13-29)26-21(30)31-22(3,4)5/h10-11,14-15,27H,12-13H2,1-9H3,(H,26,30). The number of aromatic nitrogens is 2. The molecule has 9 heteroatoms. The predicted molar refractivity (Wildman–Crippen MR) is 131 cm³/mol. The minimum atomic E-state index is -0.503. The van der Waals surface area contributed by atoms with Gasteiger partial charge in [-0.25, -0.2) is 9.78 Å². The number of amides is 1. The van der Waals surface area contributed by atoms with E-state index in [2.05, 4.69) is 62.8 Å². The van der Waals surface area contributed by atoms with Crippen molar-refractivity contribution in [3.05, 3.63) is 17.7 Å². The zero-order valence-corrected chi connectivity index (χ0v) is 21.3. The fourth-order valence-electron chi connectivity index (χ4n) is 4.23. The molecule has 2 aliphatic rings. The largest absolute Gasteiger partial charge is 0.512 e. The van der Waals surface area contributed by atoms with Crippen LogP contribution in [0.4, 0.5) is 10.6 Å². The number of hydrogen-bond acceptors (Lipinski definition) is 6. The number of nitrogens with one attached hydrogen (secondary N) is 2. The summed E-state index contributed by atoms with van der Waals surface area (Å²) < 4.78 is 18.0. The predicted octanol–water partition coefficient (Wildman–Crippen LogP) is 3.70. The van der Waals surface area contributed by atoms with Crippen LogP contribution < -0.4 is 15.8 Å². The zero-order valence-electron chi connectivity index (χ0n) is 21.3. The quantitative estimate of drug-likeness (QED) is 0.683. The second-order valence-electron chi connectivity index (χ2n) is 11.5. The van der Waals surface area contributed by atoms with Crippen molar-refractivity contribution < 1.29 is 18.8 Å². The van der Waals surface area contributed by atoms with E-state index in [0.29, 0.717) is 13.1 Å². The van der Waals surface area contributed by atoms with Gasteiger partial charge in [-0.3, -0.25) is 0 Å². The van der Waals surface area contributed by atoms with Gasteiger partial charge in [-0.2, -0.15) is 0 Å². The van der Waals surface area contributed by atoms with E-state index in [4.69, 9.17) is 19.0 Å². The molecule has 0 aromatic carbocycles. The van der Waals surface area contributed by atoms with Gasteiger partial charge in [0, 0.05) is 13.1 Å². The molecule has 0 spiro atoms. The summed E-state index contributed by atoms with van der Waals surface area (Å²) in [6.07, 6.45) is -0.379. The summed E-state index contributed by atoms with van der Waals surface area (Å²) in [5, 5.41) is 2.93. The van der Waals surface area contributed by atoms with Gasteiger partial charge in [0.2, 0.25) is 0 Å². The van der Waals surface area contributed by atoms with Gasteiger partial charge in [0.1, 0.15) is 11.4 Å². The molecule has 8 nitrogen and oxygen atoms in total. The minimum Gasteiger partial charge on any atom is -0.444 e. The van der Waals surface area contributed by atoms with Gasteiger partial charge in [0.15, 0.2) is 0 Å². The molecule has 2 aromatic heterocycles. The van der Waals surface area contributed by atoms with Crippen LogP contribution in [0.3, 0.4) is 0 Å². The Morgan fingerprint density at radius 2 is 1.82 bits per heavy atom. The molecule has 1 amide bonds. The molecule has 2 aromatic rings. The number of alkyl carbamates (subject to hydrolysis) is 1. The number of anilines is 1. The zero-order chi connectivity index (χ0) is 24.3. The van der Waals surface area contributed by atoms with E-state index >= 15 is 0 Å². The van der Waals surface area contributed by atoms with Crippen LogP contribution in [0.5, 0.6) is 0 Å². The second-order valence-corrected chi connectivity index (χ2v) is 11.5. The average molecular weight is 456 g/mol. The topological polar surface area (TPSA) is 88.7 Å². The number of rotatable bonds is 4. The van der Waals surface area contributed by atoms with E-state index in [0.717, 1.165) is 28.0 Å². The fraction of sp³-hybridized carbons (Fsp3) is 0.667. The Bertz CT molecular complexity index is 1030. The Kier molecular flexibility index (Phi) is 5.73. The van der Waals surface area contributed by atoms with Crippen molar-refractivity contribution in [3.63, 3.8) is 0 Å². The number of ether oxygens (including phenoxy) is 1. The van der Waals surface area contributed by atoms with Gasteiger partial charge < -0.3 is 29.2 Å². The lowest BCUT2D eigenvalue weighted by Crippen LogP contribution is -2.60. The lowest BCUT2D eigenvalue weighted by atomic mass is 9.79. The smallest absolute Gasteiger partial charge is 0.444 e. The van der Waals surface area contributed by atoms with Crippen molar-refractivity contribution >= 4 is 35.7 Å². The highest BCUT2D eigenvalue weighted by atomic mass is 16.7. The SMILES string of the molecule is CC(C)c1c(B2OC(C)(C)C(C)(C)O2)[nH]c2ccc(N3CC(NC(=O)OC(C)(C)C)C3)nc12. The highest BCUT2D eigenvalue weighted by Gasteiger charge is 2.53. The van der Waals surface area contributed by atoms with Crippen LogP contribution in [0.15, 0.2) is 12.1 Å². The number of H-pyrrole nitrogens is 1. The summed E-state index contributed by atoms with van der Waals surface area (Å²) in [5.74, 6) is 1.14. The Labute approximate surface area is 196 Å². The minimum absolute atomic E-state index is 0.0495. The van der Waals surface area contributed by atoms with Crippen LogP contribution in [0, 0.1) is 0 Å². The van der Waals surface area contributed by atoms with Crippen molar-refractivity contribution in [3.8, 4) is 0 Å². The first-order valence-corrected chi connectivity index (χ1v) is 11.8.